The number of carbonyl (C=O) groups excluding carboxylic acids is 1. The molecule has 0 aliphatic carbocycles. The first-order valence-corrected chi connectivity index (χ1v) is 8.62. The summed E-state index contributed by atoms with van der Waals surface area (Å²) in [6.45, 7) is 7.88. The SMILES string of the molecule is CCCN(CC1CCNCC1)C(=O)c1scc(C)c1Cl. The van der Waals surface area contributed by atoms with E-state index in [0.717, 1.165) is 51.0 Å². The monoisotopic (exact) mass is 314 g/mol. The molecule has 0 saturated carbocycles. The second kappa shape index (κ2) is 7.43. The molecule has 0 spiro atoms. The Morgan fingerprint density at radius 1 is 1.50 bits per heavy atom. The summed E-state index contributed by atoms with van der Waals surface area (Å²) in [7, 11) is 0. The van der Waals surface area contributed by atoms with Gasteiger partial charge in [0.15, 0.2) is 0 Å². The van der Waals surface area contributed by atoms with Crippen LogP contribution in [0.25, 0.3) is 0 Å². The van der Waals surface area contributed by atoms with Gasteiger partial charge < -0.3 is 10.2 Å². The lowest BCUT2D eigenvalue weighted by Gasteiger charge is -2.30. The number of hydrogen-bond acceptors (Lipinski definition) is 3. The molecule has 1 aromatic rings. The highest BCUT2D eigenvalue weighted by molar-refractivity contribution is 7.13. The van der Waals surface area contributed by atoms with Crippen molar-refractivity contribution in [1.29, 1.82) is 0 Å². The number of piperidine rings is 1. The lowest BCUT2D eigenvalue weighted by atomic mass is 9.97. The number of carbonyl (C=O) groups is 1. The van der Waals surface area contributed by atoms with Crippen molar-refractivity contribution in [3.8, 4) is 0 Å². The Labute approximate surface area is 130 Å². The Balaban J connectivity index is 2.06. The summed E-state index contributed by atoms with van der Waals surface area (Å²) in [5, 5.41) is 5.96. The molecule has 5 heteroatoms. The van der Waals surface area contributed by atoms with Crippen LogP contribution in [0.2, 0.25) is 5.02 Å². The summed E-state index contributed by atoms with van der Waals surface area (Å²) in [6.07, 6.45) is 3.30. The van der Waals surface area contributed by atoms with Crippen molar-refractivity contribution < 1.29 is 4.79 Å². The normalized spacial score (nSPS) is 16.4. The minimum Gasteiger partial charge on any atom is -0.338 e. The third-order valence-electron chi connectivity index (χ3n) is 3.81. The molecule has 1 aliphatic heterocycles. The van der Waals surface area contributed by atoms with Crippen LogP contribution in [0, 0.1) is 12.8 Å². The van der Waals surface area contributed by atoms with Gasteiger partial charge in [0, 0.05) is 13.1 Å². The van der Waals surface area contributed by atoms with E-state index in [4.69, 9.17) is 11.6 Å². The summed E-state index contributed by atoms with van der Waals surface area (Å²) in [5.41, 5.74) is 0.998. The molecule has 0 radical (unpaired) electrons. The van der Waals surface area contributed by atoms with E-state index in [1.54, 1.807) is 0 Å². The molecule has 1 N–H and O–H groups in total. The van der Waals surface area contributed by atoms with Gasteiger partial charge >= 0.3 is 0 Å². The minimum atomic E-state index is 0.105. The average Bonchev–Trinajstić information content (AvgIpc) is 2.79. The topological polar surface area (TPSA) is 32.3 Å². The van der Waals surface area contributed by atoms with Gasteiger partial charge in [-0.25, -0.2) is 0 Å². The van der Waals surface area contributed by atoms with Gasteiger partial charge in [-0.15, -0.1) is 11.3 Å². The Morgan fingerprint density at radius 3 is 2.75 bits per heavy atom. The molecular formula is C15H23ClN2OS. The van der Waals surface area contributed by atoms with Crippen molar-refractivity contribution in [2.24, 2.45) is 5.92 Å². The average molecular weight is 315 g/mol. The molecule has 2 rings (SSSR count). The van der Waals surface area contributed by atoms with Crippen molar-refractivity contribution in [2.75, 3.05) is 26.2 Å². The zero-order valence-electron chi connectivity index (χ0n) is 12.2. The summed E-state index contributed by atoms with van der Waals surface area (Å²) < 4.78 is 0. The van der Waals surface area contributed by atoms with E-state index in [1.807, 2.05) is 17.2 Å². The maximum atomic E-state index is 12.7. The first kappa shape index (κ1) is 15.8. The van der Waals surface area contributed by atoms with E-state index in [9.17, 15) is 4.79 Å². The predicted molar refractivity (Wildman–Crippen MR) is 85.9 cm³/mol. The molecule has 20 heavy (non-hydrogen) atoms. The predicted octanol–water partition coefficient (Wildman–Crippen LogP) is 3.56. The second-order valence-corrected chi connectivity index (χ2v) is 6.76. The van der Waals surface area contributed by atoms with E-state index < -0.39 is 0 Å². The van der Waals surface area contributed by atoms with Crippen molar-refractivity contribution >= 4 is 28.8 Å². The van der Waals surface area contributed by atoms with Crippen LogP contribution in [-0.2, 0) is 0 Å². The fourth-order valence-corrected chi connectivity index (χ4v) is 3.88. The summed E-state index contributed by atoms with van der Waals surface area (Å²) in [6, 6.07) is 0. The van der Waals surface area contributed by atoms with Crippen molar-refractivity contribution in [3.63, 3.8) is 0 Å². The molecule has 2 heterocycles. The first-order valence-electron chi connectivity index (χ1n) is 7.37. The quantitative estimate of drug-likeness (QED) is 0.901. The number of thiophene rings is 1. The van der Waals surface area contributed by atoms with Crippen molar-refractivity contribution in [2.45, 2.75) is 33.1 Å². The van der Waals surface area contributed by atoms with Crippen molar-refractivity contribution in [1.82, 2.24) is 10.2 Å². The number of nitrogens with zero attached hydrogens (tertiary/aromatic N) is 1. The van der Waals surface area contributed by atoms with Crippen LogP contribution in [0.3, 0.4) is 0 Å². The van der Waals surface area contributed by atoms with Gasteiger partial charge in [-0.1, -0.05) is 18.5 Å². The minimum absolute atomic E-state index is 0.105. The fraction of sp³-hybridized carbons (Fsp3) is 0.667. The molecule has 1 fully saturated rings. The number of nitrogens with one attached hydrogen (secondary N) is 1. The van der Waals surface area contributed by atoms with Crippen molar-refractivity contribution in [3.05, 3.63) is 20.8 Å². The highest BCUT2D eigenvalue weighted by Crippen LogP contribution is 2.29. The fourth-order valence-electron chi connectivity index (χ4n) is 2.64. The van der Waals surface area contributed by atoms with Gasteiger partial charge in [-0.3, -0.25) is 4.79 Å². The van der Waals surface area contributed by atoms with Crippen LogP contribution in [-0.4, -0.2) is 37.0 Å². The lowest BCUT2D eigenvalue weighted by Crippen LogP contribution is -2.39. The van der Waals surface area contributed by atoms with E-state index >= 15 is 0 Å². The van der Waals surface area contributed by atoms with Crippen LogP contribution in [0.1, 0.15) is 41.4 Å². The molecule has 112 valence electrons. The standard InChI is InChI=1S/C15H23ClN2OS/c1-3-8-18(9-12-4-6-17-7-5-12)15(19)14-13(16)11(2)10-20-14/h10,12,17H,3-9H2,1-2H3. The zero-order valence-corrected chi connectivity index (χ0v) is 13.8. The largest absolute Gasteiger partial charge is 0.338 e. The van der Waals surface area contributed by atoms with Crippen LogP contribution in [0.4, 0.5) is 0 Å². The third kappa shape index (κ3) is 3.74. The smallest absolute Gasteiger partial charge is 0.265 e. The molecule has 0 bridgehead atoms. The number of amides is 1. The van der Waals surface area contributed by atoms with E-state index in [1.165, 1.54) is 11.3 Å². The Hall–Kier alpha value is -0.580. The molecular weight excluding hydrogens is 292 g/mol. The van der Waals surface area contributed by atoms with E-state index in [-0.39, 0.29) is 5.91 Å². The highest BCUT2D eigenvalue weighted by Gasteiger charge is 2.24. The van der Waals surface area contributed by atoms with Crippen LogP contribution in [0.5, 0.6) is 0 Å². The van der Waals surface area contributed by atoms with Gasteiger partial charge in [0.25, 0.3) is 5.91 Å². The first-order chi connectivity index (χ1) is 9.63. The molecule has 1 saturated heterocycles. The Morgan fingerprint density at radius 2 is 2.20 bits per heavy atom. The zero-order chi connectivity index (χ0) is 14.5. The highest BCUT2D eigenvalue weighted by atomic mass is 35.5. The second-order valence-electron chi connectivity index (χ2n) is 5.51. The molecule has 1 amide bonds. The maximum absolute atomic E-state index is 12.7. The molecule has 1 aromatic heterocycles. The molecule has 0 unspecified atom stereocenters. The Bertz CT molecular complexity index is 455. The van der Waals surface area contributed by atoms with Crippen LogP contribution in [0.15, 0.2) is 5.38 Å². The van der Waals surface area contributed by atoms with Gasteiger partial charge in [0.2, 0.25) is 0 Å². The lowest BCUT2D eigenvalue weighted by molar-refractivity contribution is 0.0721. The number of halogens is 1. The number of aryl methyl sites for hydroxylation is 1. The van der Waals surface area contributed by atoms with E-state index in [2.05, 4.69) is 12.2 Å². The van der Waals surface area contributed by atoms with Crippen LogP contribution < -0.4 is 5.32 Å². The maximum Gasteiger partial charge on any atom is 0.265 e. The number of hydrogen-bond donors (Lipinski definition) is 1. The molecule has 0 aromatic carbocycles. The third-order valence-corrected chi connectivity index (χ3v) is 5.50. The van der Waals surface area contributed by atoms with E-state index in [0.29, 0.717) is 15.8 Å². The van der Waals surface area contributed by atoms with Crippen LogP contribution >= 0.6 is 22.9 Å². The molecule has 3 nitrogen and oxygen atoms in total. The van der Waals surface area contributed by atoms with Gasteiger partial charge in [-0.2, -0.15) is 0 Å². The summed E-state index contributed by atoms with van der Waals surface area (Å²) in [5.74, 6) is 0.722. The summed E-state index contributed by atoms with van der Waals surface area (Å²) >= 11 is 7.71. The number of rotatable bonds is 5. The molecule has 0 atom stereocenters. The van der Waals surface area contributed by atoms with Gasteiger partial charge in [0.1, 0.15) is 4.88 Å². The summed E-state index contributed by atoms with van der Waals surface area (Å²) in [4.78, 5) is 15.4. The van der Waals surface area contributed by atoms with Gasteiger partial charge in [0.05, 0.1) is 5.02 Å². The Kier molecular flexibility index (Phi) is 5.87. The molecule has 1 aliphatic rings. The van der Waals surface area contributed by atoms with Gasteiger partial charge in [-0.05, 0) is 56.1 Å².